The Kier molecular flexibility index (Phi) is 3.37. The Labute approximate surface area is 88.7 Å². The average Bonchev–Trinajstić information content (AvgIpc) is 2.13. The van der Waals surface area contributed by atoms with Crippen molar-refractivity contribution in [1.82, 2.24) is 0 Å². The first-order valence-electron chi connectivity index (χ1n) is 4.43. The minimum Gasteiger partial charge on any atom is -0.398 e. The second-order valence-corrected chi connectivity index (χ2v) is 3.83. The molecule has 0 fully saturated rings. The second-order valence-electron chi connectivity index (χ2n) is 3.45. The van der Waals surface area contributed by atoms with Gasteiger partial charge in [-0.1, -0.05) is 17.7 Å². The standard InChI is InChI=1S/C10H15ClN2O/c1-5-8(12)4-3-7(9(5)11)10(13)6(2)14/h3-4,6,10,14H,12-13H2,1-2H3. The van der Waals surface area contributed by atoms with Gasteiger partial charge in [0.2, 0.25) is 0 Å². The van der Waals surface area contributed by atoms with Crippen molar-refractivity contribution in [2.24, 2.45) is 5.73 Å². The fraction of sp³-hybridized carbons (Fsp3) is 0.400. The highest BCUT2D eigenvalue weighted by molar-refractivity contribution is 6.32. The highest BCUT2D eigenvalue weighted by Gasteiger charge is 2.16. The third-order valence-electron chi connectivity index (χ3n) is 2.34. The van der Waals surface area contributed by atoms with E-state index in [9.17, 15) is 5.11 Å². The molecule has 4 heteroatoms. The molecule has 0 aliphatic carbocycles. The Balaban J connectivity index is 3.17. The molecule has 78 valence electrons. The summed E-state index contributed by atoms with van der Waals surface area (Å²) >= 11 is 6.07. The lowest BCUT2D eigenvalue weighted by Crippen LogP contribution is -2.23. The molecular weight excluding hydrogens is 200 g/mol. The van der Waals surface area contributed by atoms with Crippen LogP contribution in [0.15, 0.2) is 12.1 Å². The molecule has 3 nitrogen and oxygen atoms in total. The van der Waals surface area contributed by atoms with E-state index < -0.39 is 12.1 Å². The van der Waals surface area contributed by atoms with Crippen LogP contribution in [0, 0.1) is 6.92 Å². The number of anilines is 1. The number of rotatable bonds is 2. The molecular formula is C10H15ClN2O. The van der Waals surface area contributed by atoms with E-state index in [1.54, 1.807) is 19.1 Å². The molecule has 5 N–H and O–H groups in total. The number of benzene rings is 1. The van der Waals surface area contributed by atoms with E-state index in [-0.39, 0.29) is 0 Å². The Bertz CT molecular complexity index is 339. The van der Waals surface area contributed by atoms with Crippen molar-refractivity contribution in [2.75, 3.05) is 5.73 Å². The number of hydrogen-bond donors (Lipinski definition) is 3. The van der Waals surface area contributed by atoms with Crippen molar-refractivity contribution in [3.05, 3.63) is 28.3 Å². The van der Waals surface area contributed by atoms with Gasteiger partial charge in [-0.25, -0.2) is 0 Å². The zero-order chi connectivity index (χ0) is 10.9. The van der Waals surface area contributed by atoms with Crippen LogP contribution < -0.4 is 11.5 Å². The summed E-state index contributed by atoms with van der Waals surface area (Å²) in [4.78, 5) is 0. The molecule has 0 saturated heterocycles. The molecule has 0 aliphatic rings. The van der Waals surface area contributed by atoms with Gasteiger partial charge in [-0.05, 0) is 31.0 Å². The van der Waals surface area contributed by atoms with Crippen LogP contribution >= 0.6 is 11.6 Å². The Morgan fingerprint density at radius 3 is 2.50 bits per heavy atom. The molecule has 2 atom stereocenters. The van der Waals surface area contributed by atoms with Gasteiger partial charge >= 0.3 is 0 Å². The topological polar surface area (TPSA) is 72.3 Å². The van der Waals surface area contributed by atoms with Gasteiger partial charge < -0.3 is 16.6 Å². The molecule has 0 aliphatic heterocycles. The fourth-order valence-electron chi connectivity index (χ4n) is 1.24. The number of hydrogen-bond acceptors (Lipinski definition) is 3. The van der Waals surface area contributed by atoms with Gasteiger partial charge in [-0.3, -0.25) is 0 Å². The fourth-order valence-corrected chi connectivity index (χ4v) is 1.54. The first-order chi connectivity index (χ1) is 6.45. The molecule has 0 aromatic heterocycles. The van der Waals surface area contributed by atoms with E-state index in [0.29, 0.717) is 10.7 Å². The van der Waals surface area contributed by atoms with E-state index in [2.05, 4.69) is 0 Å². The summed E-state index contributed by atoms with van der Waals surface area (Å²) < 4.78 is 0. The molecule has 0 saturated carbocycles. The Hall–Kier alpha value is -0.770. The third kappa shape index (κ3) is 2.00. The Morgan fingerprint density at radius 1 is 1.43 bits per heavy atom. The summed E-state index contributed by atoms with van der Waals surface area (Å²) in [6.45, 7) is 3.46. The second kappa shape index (κ2) is 4.17. The average molecular weight is 215 g/mol. The van der Waals surface area contributed by atoms with Gasteiger partial charge in [-0.2, -0.15) is 0 Å². The van der Waals surface area contributed by atoms with E-state index in [1.165, 1.54) is 0 Å². The zero-order valence-corrected chi connectivity index (χ0v) is 9.05. The van der Waals surface area contributed by atoms with E-state index in [1.807, 2.05) is 6.92 Å². The minimum atomic E-state index is -0.629. The number of aliphatic hydroxyl groups is 1. The molecule has 2 unspecified atom stereocenters. The summed E-state index contributed by atoms with van der Waals surface area (Å²) in [6, 6.07) is 3.03. The maximum atomic E-state index is 9.34. The summed E-state index contributed by atoms with van der Waals surface area (Å²) in [5, 5.41) is 9.88. The van der Waals surface area contributed by atoms with Gasteiger partial charge in [-0.15, -0.1) is 0 Å². The van der Waals surface area contributed by atoms with E-state index >= 15 is 0 Å². The van der Waals surface area contributed by atoms with Crippen molar-refractivity contribution in [2.45, 2.75) is 26.0 Å². The van der Waals surface area contributed by atoms with Gasteiger partial charge in [0.15, 0.2) is 0 Å². The highest BCUT2D eigenvalue weighted by atomic mass is 35.5. The molecule has 0 amide bonds. The van der Waals surface area contributed by atoms with E-state index in [0.717, 1.165) is 11.1 Å². The predicted octanol–water partition coefficient (Wildman–Crippen LogP) is 1.61. The van der Waals surface area contributed by atoms with Crippen LogP contribution in [0.5, 0.6) is 0 Å². The molecule has 0 heterocycles. The molecule has 1 aromatic carbocycles. The normalized spacial score (nSPS) is 15.2. The van der Waals surface area contributed by atoms with Crippen molar-refractivity contribution < 1.29 is 5.11 Å². The lowest BCUT2D eigenvalue weighted by Gasteiger charge is -2.18. The molecule has 0 radical (unpaired) electrons. The quantitative estimate of drug-likeness (QED) is 0.655. The maximum Gasteiger partial charge on any atom is 0.0705 e. The van der Waals surface area contributed by atoms with E-state index in [4.69, 9.17) is 23.1 Å². The van der Waals surface area contributed by atoms with Crippen LogP contribution in [0.25, 0.3) is 0 Å². The van der Waals surface area contributed by atoms with Gasteiger partial charge in [0.1, 0.15) is 0 Å². The summed E-state index contributed by atoms with van der Waals surface area (Å²) in [5.74, 6) is 0. The summed E-state index contributed by atoms with van der Waals surface area (Å²) in [7, 11) is 0. The predicted molar refractivity (Wildman–Crippen MR) is 59.2 cm³/mol. The number of aliphatic hydroxyl groups excluding tert-OH is 1. The largest absolute Gasteiger partial charge is 0.398 e. The zero-order valence-electron chi connectivity index (χ0n) is 8.29. The summed E-state index contributed by atoms with van der Waals surface area (Å²) in [5.41, 5.74) is 13.6. The van der Waals surface area contributed by atoms with Gasteiger partial charge in [0.05, 0.1) is 17.2 Å². The molecule has 0 spiro atoms. The molecule has 1 rings (SSSR count). The SMILES string of the molecule is Cc1c(N)ccc(C(N)C(C)O)c1Cl. The van der Waals surface area contributed by atoms with Crippen molar-refractivity contribution in [3.63, 3.8) is 0 Å². The van der Waals surface area contributed by atoms with Gasteiger partial charge in [0, 0.05) is 5.69 Å². The van der Waals surface area contributed by atoms with Crippen LogP contribution in [0.2, 0.25) is 5.02 Å². The number of nitrogens with two attached hydrogens (primary N) is 2. The van der Waals surface area contributed by atoms with Gasteiger partial charge in [0.25, 0.3) is 0 Å². The summed E-state index contributed by atoms with van der Waals surface area (Å²) in [6.07, 6.45) is -0.629. The number of nitrogen functional groups attached to an aromatic ring is 1. The van der Waals surface area contributed by atoms with Crippen LogP contribution in [0.1, 0.15) is 24.1 Å². The highest BCUT2D eigenvalue weighted by Crippen LogP contribution is 2.30. The van der Waals surface area contributed by atoms with Crippen LogP contribution in [-0.2, 0) is 0 Å². The molecule has 0 bridgehead atoms. The van der Waals surface area contributed by atoms with Crippen LogP contribution in [0.4, 0.5) is 5.69 Å². The van der Waals surface area contributed by atoms with Crippen molar-refractivity contribution >= 4 is 17.3 Å². The lowest BCUT2D eigenvalue weighted by molar-refractivity contribution is 0.164. The van der Waals surface area contributed by atoms with Crippen LogP contribution in [0.3, 0.4) is 0 Å². The first-order valence-corrected chi connectivity index (χ1v) is 4.81. The molecule has 1 aromatic rings. The van der Waals surface area contributed by atoms with Crippen molar-refractivity contribution in [3.8, 4) is 0 Å². The number of halogens is 1. The van der Waals surface area contributed by atoms with Crippen LogP contribution in [-0.4, -0.2) is 11.2 Å². The third-order valence-corrected chi connectivity index (χ3v) is 2.84. The Morgan fingerprint density at radius 2 is 2.00 bits per heavy atom. The maximum absolute atomic E-state index is 9.34. The first kappa shape index (κ1) is 11.3. The monoisotopic (exact) mass is 214 g/mol. The lowest BCUT2D eigenvalue weighted by atomic mass is 10.0. The van der Waals surface area contributed by atoms with Crippen molar-refractivity contribution in [1.29, 1.82) is 0 Å². The molecule has 14 heavy (non-hydrogen) atoms. The minimum absolute atomic E-state index is 0.471. The smallest absolute Gasteiger partial charge is 0.0705 e.